The molecule has 0 atom stereocenters. The summed E-state index contributed by atoms with van der Waals surface area (Å²) in [6.45, 7) is 4.28. The Hall–Kier alpha value is -1.85. The van der Waals surface area contributed by atoms with Gasteiger partial charge in [0.15, 0.2) is 12.0 Å². The number of halogens is 1. The van der Waals surface area contributed by atoms with Gasteiger partial charge < -0.3 is 9.47 Å². The van der Waals surface area contributed by atoms with E-state index in [2.05, 4.69) is 5.10 Å². The van der Waals surface area contributed by atoms with E-state index in [-0.39, 0.29) is 0 Å². The van der Waals surface area contributed by atoms with Gasteiger partial charge in [0.05, 0.1) is 18.3 Å². The molecular weight excluding hydrogens is 292 g/mol. The highest BCUT2D eigenvalue weighted by atomic mass is 35.5. The van der Waals surface area contributed by atoms with Gasteiger partial charge in [0.1, 0.15) is 11.4 Å². The largest absolute Gasteiger partial charge is 0.453 e. The van der Waals surface area contributed by atoms with Gasteiger partial charge in [0.2, 0.25) is 0 Å². The van der Waals surface area contributed by atoms with E-state index in [1.165, 1.54) is 6.20 Å². The third-order valence-corrected chi connectivity index (χ3v) is 3.21. The lowest BCUT2D eigenvalue weighted by Gasteiger charge is -2.25. The Balaban J connectivity index is 2.34. The summed E-state index contributed by atoms with van der Waals surface area (Å²) in [5.41, 5.74) is -0.0990. The summed E-state index contributed by atoms with van der Waals surface area (Å²) in [5.74, 6) is 0.936. The molecule has 1 heterocycles. The number of nitrogens with zero attached hydrogens (tertiary/aromatic N) is 2. The highest BCUT2D eigenvalue weighted by Gasteiger charge is 2.26. The van der Waals surface area contributed by atoms with Gasteiger partial charge in [-0.25, -0.2) is 0 Å². The molecule has 0 fully saturated rings. The number of aldehydes is 1. The molecule has 0 N–H and O–H groups in total. The molecule has 0 amide bonds. The van der Waals surface area contributed by atoms with Crippen molar-refractivity contribution in [2.45, 2.75) is 19.4 Å². The monoisotopic (exact) mass is 308 g/mol. The summed E-state index contributed by atoms with van der Waals surface area (Å²) in [6, 6.07) is 6.96. The molecule has 0 saturated carbocycles. The summed E-state index contributed by atoms with van der Waals surface area (Å²) in [4.78, 5) is 11.4. The highest BCUT2D eigenvalue weighted by molar-refractivity contribution is 6.30. The van der Waals surface area contributed by atoms with Crippen molar-refractivity contribution in [2.24, 2.45) is 0 Å². The van der Waals surface area contributed by atoms with Gasteiger partial charge in [-0.2, -0.15) is 5.10 Å². The molecule has 0 saturated heterocycles. The standard InChI is InChI=1S/C15H17ClN2O3/c1-15(2,10-20-3)18-13(9-19)14(8-17-18)21-12-6-4-5-11(16)7-12/h4-9H,10H2,1-3H3. The number of aromatic nitrogens is 2. The topological polar surface area (TPSA) is 53.4 Å². The third-order valence-electron chi connectivity index (χ3n) is 2.98. The SMILES string of the molecule is COCC(C)(C)n1ncc(Oc2cccc(Cl)c2)c1C=O. The molecule has 0 aliphatic heterocycles. The highest BCUT2D eigenvalue weighted by Crippen LogP contribution is 2.29. The first-order valence-electron chi connectivity index (χ1n) is 6.44. The first-order chi connectivity index (χ1) is 9.97. The van der Waals surface area contributed by atoms with Gasteiger partial charge in [-0.3, -0.25) is 9.48 Å². The van der Waals surface area contributed by atoms with Crippen molar-refractivity contribution >= 4 is 17.9 Å². The van der Waals surface area contributed by atoms with Crippen LogP contribution in [0, 0.1) is 0 Å². The Bertz CT molecular complexity index is 638. The maximum Gasteiger partial charge on any atom is 0.176 e. The molecule has 6 heteroatoms. The van der Waals surface area contributed by atoms with E-state index in [1.54, 1.807) is 36.1 Å². The lowest BCUT2D eigenvalue weighted by Crippen LogP contribution is -2.33. The van der Waals surface area contributed by atoms with Crippen LogP contribution in [0.3, 0.4) is 0 Å². The summed E-state index contributed by atoms with van der Waals surface area (Å²) < 4.78 is 12.5. The Morgan fingerprint density at radius 3 is 2.81 bits per heavy atom. The van der Waals surface area contributed by atoms with Crippen LogP contribution in [0.2, 0.25) is 5.02 Å². The fourth-order valence-electron chi connectivity index (χ4n) is 2.08. The van der Waals surface area contributed by atoms with Crippen LogP contribution in [-0.2, 0) is 10.3 Å². The maximum atomic E-state index is 11.4. The molecule has 112 valence electrons. The van der Waals surface area contributed by atoms with E-state index < -0.39 is 5.54 Å². The number of hydrogen-bond donors (Lipinski definition) is 0. The number of hydrogen-bond acceptors (Lipinski definition) is 4. The number of ether oxygens (including phenoxy) is 2. The van der Waals surface area contributed by atoms with Crippen molar-refractivity contribution in [1.82, 2.24) is 9.78 Å². The molecular formula is C15H17ClN2O3. The normalized spacial score (nSPS) is 11.4. The maximum absolute atomic E-state index is 11.4. The second-order valence-corrected chi connectivity index (χ2v) is 5.67. The predicted octanol–water partition coefficient (Wildman–Crippen LogP) is 3.52. The predicted molar refractivity (Wildman–Crippen MR) is 80.3 cm³/mol. The zero-order valence-electron chi connectivity index (χ0n) is 12.2. The van der Waals surface area contributed by atoms with Crippen LogP contribution in [-0.4, -0.2) is 29.8 Å². The smallest absolute Gasteiger partial charge is 0.176 e. The zero-order valence-corrected chi connectivity index (χ0v) is 12.9. The van der Waals surface area contributed by atoms with Crippen molar-refractivity contribution < 1.29 is 14.3 Å². The Kier molecular flexibility index (Phi) is 4.65. The van der Waals surface area contributed by atoms with Gasteiger partial charge in [0.25, 0.3) is 0 Å². The molecule has 0 aliphatic rings. The van der Waals surface area contributed by atoms with Crippen LogP contribution in [0.5, 0.6) is 11.5 Å². The van der Waals surface area contributed by atoms with E-state index in [4.69, 9.17) is 21.1 Å². The molecule has 0 spiro atoms. The van der Waals surface area contributed by atoms with Crippen molar-refractivity contribution in [3.8, 4) is 11.5 Å². The lowest BCUT2D eigenvalue weighted by molar-refractivity contribution is 0.0946. The van der Waals surface area contributed by atoms with Crippen molar-refractivity contribution in [3.63, 3.8) is 0 Å². The van der Waals surface area contributed by atoms with Crippen molar-refractivity contribution in [1.29, 1.82) is 0 Å². The quantitative estimate of drug-likeness (QED) is 0.766. The molecule has 1 aromatic heterocycles. The summed E-state index contributed by atoms with van der Waals surface area (Å²) in [5, 5.41) is 4.81. The van der Waals surface area contributed by atoms with Gasteiger partial charge in [-0.15, -0.1) is 0 Å². The lowest BCUT2D eigenvalue weighted by atomic mass is 10.1. The molecule has 5 nitrogen and oxygen atoms in total. The van der Waals surface area contributed by atoms with Crippen LogP contribution in [0.1, 0.15) is 24.3 Å². The number of methoxy groups -OCH3 is 1. The second kappa shape index (κ2) is 6.28. The number of carbonyl (C=O) groups is 1. The number of benzene rings is 1. The van der Waals surface area contributed by atoms with Gasteiger partial charge >= 0.3 is 0 Å². The van der Waals surface area contributed by atoms with Gasteiger partial charge in [-0.1, -0.05) is 17.7 Å². The average molecular weight is 309 g/mol. The van der Waals surface area contributed by atoms with Crippen LogP contribution >= 0.6 is 11.6 Å². The molecule has 1 aromatic carbocycles. The van der Waals surface area contributed by atoms with Gasteiger partial charge in [-0.05, 0) is 32.0 Å². The van der Waals surface area contributed by atoms with Crippen LogP contribution in [0.25, 0.3) is 0 Å². The number of carbonyl (C=O) groups excluding carboxylic acids is 1. The first-order valence-corrected chi connectivity index (χ1v) is 6.82. The molecule has 0 unspecified atom stereocenters. The molecule has 21 heavy (non-hydrogen) atoms. The molecule has 0 radical (unpaired) electrons. The van der Waals surface area contributed by atoms with Crippen molar-refractivity contribution in [3.05, 3.63) is 41.2 Å². The van der Waals surface area contributed by atoms with E-state index in [0.717, 1.165) is 6.29 Å². The minimum Gasteiger partial charge on any atom is -0.453 e. The summed E-state index contributed by atoms with van der Waals surface area (Å²) in [7, 11) is 1.61. The summed E-state index contributed by atoms with van der Waals surface area (Å²) in [6.07, 6.45) is 2.24. The van der Waals surface area contributed by atoms with E-state index >= 15 is 0 Å². The van der Waals surface area contributed by atoms with Crippen LogP contribution < -0.4 is 4.74 Å². The van der Waals surface area contributed by atoms with Gasteiger partial charge in [0, 0.05) is 12.1 Å². The fourth-order valence-corrected chi connectivity index (χ4v) is 2.26. The minimum atomic E-state index is -0.457. The molecule has 0 aliphatic carbocycles. The average Bonchev–Trinajstić information content (AvgIpc) is 2.82. The van der Waals surface area contributed by atoms with E-state index in [1.807, 2.05) is 13.8 Å². The Morgan fingerprint density at radius 1 is 1.43 bits per heavy atom. The molecule has 0 bridgehead atoms. The van der Waals surface area contributed by atoms with Crippen LogP contribution in [0.4, 0.5) is 0 Å². The fraction of sp³-hybridized carbons (Fsp3) is 0.333. The minimum absolute atomic E-state index is 0.358. The van der Waals surface area contributed by atoms with Crippen LogP contribution in [0.15, 0.2) is 30.5 Å². The molecule has 2 aromatic rings. The number of rotatable bonds is 6. The van der Waals surface area contributed by atoms with Crippen molar-refractivity contribution in [2.75, 3.05) is 13.7 Å². The Morgan fingerprint density at radius 2 is 2.19 bits per heavy atom. The molecule has 2 rings (SSSR count). The Labute approximate surface area is 128 Å². The third kappa shape index (κ3) is 3.43. The second-order valence-electron chi connectivity index (χ2n) is 5.23. The summed E-state index contributed by atoms with van der Waals surface area (Å²) >= 11 is 5.92. The first kappa shape index (κ1) is 15.5. The zero-order chi connectivity index (χ0) is 15.5. The van der Waals surface area contributed by atoms with E-state index in [0.29, 0.717) is 28.8 Å². The van der Waals surface area contributed by atoms with E-state index in [9.17, 15) is 4.79 Å².